The molecule has 1 aliphatic heterocycles. The molecule has 21 heavy (non-hydrogen) atoms. The molecule has 0 radical (unpaired) electrons. The summed E-state index contributed by atoms with van der Waals surface area (Å²) in [6.45, 7) is 5.85. The van der Waals surface area contributed by atoms with Gasteiger partial charge in [0.05, 0.1) is 11.4 Å². The number of anilines is 1. The minimum atomic E-state index is 0.233. The number of nitrogens with two attached hydrogens (primary N) is 1. The highest BCUT2D eigenvalue weighted by Gasteiger charge is 2.28. The van der Waals surface area contributed by atoms with Crippen molar-refractivity contribution in [3.8, 4) is 5.88 Å². The Balaban J connectivity index is 1.89. The summed E-state index contributed by atoms with van der Waals surface area (Å²) in [5.74, 6) is 0.615. The molecule has 1 aliphatic carbocycles. The maximum atomic E-state index is 8.45. The molecule has 1 aromatic heterocycles. The smallest absolute Gasteiger partial charge is 0.237 e. The lowest BCUT2D eigenvalue weighted by molar-refractivity contribution is 0.310. The summed E-state index contributed by atoms with van der Waals surface area (Å²) in [6.07, 6.45) is 4.47. The molecule has 0 saturated heterocycles. The fourth-order valence-corrected chi connectivity index (χ4v) is 2.96. The lowest BCUT2D eigenvalue weighted by Crippen LogP contribution is -2.25. The van der Waals surface area contributed by atoms with Crippen molar-refractivity contribution in [1.29, 1.82) is 5.41 Å². The number of fused-ring (bicyclic) bond motifs is 1. The summed E-state index contributed by atoms with van der Waals surface area (Å²) in [4.78, 5) is 4.30. The van der Waals surface area contributed by atoms with Gasteiger partial charge in [-0.2, -0.15) is 0 Å². The highest BCUT2D eigenvalue weighted by atomic mass is 16.5. The van der Waals surface area contributed by atoms with Crippen LogP contribution in [0.4, 0.5) is 5.69 Å². The Morgan fingerprint density at radius 3 is 3.05 bits per heavy atom. The number of rotatable bonds is 2. The number of nitrogens with one attached hydrogen (secondary N) is 2. The van der Waals surface area contributed by atoms with Gasteiger partial charge in [-0.25, -0.2) is 4.98 Å². The largest absolute Gasteiger partial charge is 0.474 e. The molecular formula is C16H22N4O. The van der Waals surface area contributed by atoms with Gasteiger partial charge in [-0.05, 0) is 36.3 Å². The number of hydrogen-bond acceptors (Lipinski definition) is 5. The lowest BCUT2D eigenvalue weighted by Gasteiger charge is -2.32. The molecule has 2 heterocycles. The van der Waals surface area contributed by atoms with Crippen molar-refractivity contribution < 1.29 is 4.74 Å². The summed E-state index contributed by atoms with van der Waals surface area (Å²) >= 11 is 0. The summed E-state index contributed by atoms with van der Waals surface area (Å²) < 4.78 is 5.47. The summed E-state index contributed by atoms with van der Waals surface area (Å²) in [5, 5.41) is 11.7. The molecule has 1 aromatic rings. The van der Waals surface area contributed by atoms with Gasteiger partial charge in [0.1, 0.15) is 6.61 Å². The first-order valence-corrected chi connectivity index (χ1v) is 7.40. The molecule has 0 bridgehead atoms. The molecule has 2 aliphatic rings. The SMILES string of the molecule is CC1(C)CCC(C(=N)c2cnc3c(c2)NCCO3)=C(N)C1. The van der Waals surface area contributed by atoms with Gasteiger partial charge in [-0.3, -0.25) is 5.41 Å². The Hall–Kier alpha value is -2.04. The van der Waals surface area contributed by atoms with Gasteiger partial charge in [-0.1, -0.05) is 13.8 Å². The van der Waals surface area contributed by atoms with Gasteiger partial charge in [0.25, 0.3) is 0 Å². The maximum Gasteiger partial charge on any atom is 0.237 e. The van der Waals surface area contributed by atoms with Crippen LogP contribution in [0.25, 0.3) is 0 Å². The molecule has 5 heteroatoms. The molecule has 0 spiro atoms. The minimum absolute atomic E-state index is 0.233. The van der Waals surface area contributed by atoms with E-state index < -0.39 is 0 Å². The van der Waals surface area contributed by atoms with E-state index in [1.54, 1.807) is 6.20 Å². The second kappa shape index (κ2) is 5.06. The van der Waals surface area contributed by atoms with E-state index in [0.29, 0.717) is 18.2 Å². The number of aromatic nitrogens is 1. The second-order valence-electron chi connectivity index (χ2n) is 6.57. The van der Waals surface area contributed by atoms with Gasteiger partial charge in [0.15, 0.2) is 0 Å². The predicted molar refractivity (Wildman–Crippen MR) is 83.9 cm³/mol. The Bertz CT molecular complexity index is 619. The van der Waals surface area contributed by atoms with E-state index in [-0.39, 0.29) is 5.41 Å². The zero-order chi connectivity index (χ0) is 15.0. The quantitative estimate of drug-likeness (QED) is 0.730. The molecule has 112 valence electrons. The van der Waals surface area contributed by atoms with Crippen LogP contribution in [0.2, 0.25) is 0 Å². The second-order valence-corrected chi connectivity index (χ2v) is 6.57. The lowest BCUT2D eigenvalue weighted by atomic mass is 9.75. The van der Waals surface area contributed by atoms with Crippen molar-refractivity contribution in [3.05, 3.63) is 29.1 Å². The van der Waals surface area contributed by atoms with E-state index in [1.807, 2.05) is 6.07 Å². The van der Waals surface area contributed by atoms with Gasteiger partial charge in [0, 0.05) is 24.0 Å². The van der Waals surface area contributed by atoms with E-state index in [4.69, 9.17) is 15.9 Å². The molecule has 4 N–H and O–H groups in total. The summed E-state index contributed by atoms with van der Waals surface area (Å²) in [6, 6.07) is 1.93. The molecule has 0 unspecified atom stereocenters. The van der Waals surface area contributed by atoms with Crippen LogP contribution in [0.15, 0.2) is 23.5 Å². The predicted octanol–water partition coefficient (Wildman–Crippen LogP) is 2.68. The van der Waals surface area contributed by atoms with Crippen molar-refractivity contribution in [1.82, 2.24) is 4.98 Å². The van der Waals surface area contributed by atoms with Crippen LogP contribution in [0.3, 0.4) is 0 Å². The first-order chi connectivity index (χ1) is 9.96. The van der Waals surface area contributed by atoms with Crippen LogP contribution in [-0.4, -0.2) is 23.8 Å². The van der Waals surface area contributed by atoms with Crippen molar-refractivity contribution >= 4 is 11.4 Å². The van der Waals surface area contributed by atoms with Gasteiger partial charge < -0.3 is 15.8 Å². The third kappa shape index (κ3) is 2.73. The fourth-order valence-electron chi connectivity index (χ4n) is 2.96. The van der Waals surface area contributed by atoms with Crippen molar-refractivity contribution in [2.75, 3.05) is 18.5 Å². The van der Waals surface area contributed by atoms with Gasteiger partial charge in [-0.15, -0.1) is 0 Å². The third-order valence-electron chi connectivity index (χ3n) is 4.21. The zero-order valence-corrected chi connectivity index (χ0v) is 12.6. The van der Waals surface area contributed by atoms with Crippen LogP contribution < -0.4 is 15.8 Å². The van der Waals surface area contributed by atoms with E-state index in [1.165, 1.54) is 0 Å². The van der Waals surface area contributed by atoms with E-state index in [9.17, 15) is 0 Å². The number of pyridine rings is 1. The standard InChI is InChI=1S/C16H22N4O/c1-16(2)4-3-11(12(17)8-16)14(18)10-7-13-15(20-9-10)21-6-5-19-13/h7,9,18-19H,3-6,8,17H2,1-2H3. The summed E-state index contributed by atoms with van der Waals surface area (Å²) in [7, 11) is 0. The van der Waals surface area contributed by atoms with Gasteiger partial charge >= 0.3 is 0 Å². The average molecular weight is 286 g/mol. The van der Waals surface area contributed by atoms with Crippen LogP contribution in [0, 0.1) is 10.8 Å². The monoisotopic (exact) mass is 286 g/mol. The van der Waals surface area contributed by atoms with Gasteiger partial charge in [0.2, 0.25) is 5.88 Å². The molecule has 0 saturated carbocycles. The minimum Gasteiger partial charge on any atom is -0.474 e. The molecule has 0 fully saturated rings. The molecule has 0 amide bonds. The maximum absolute atomic E-state index is 8.45. The Labute approximate surface area is 125 Å². The normalized spacial score (nSPS) is 20.3. The van der Waals surface area contributed by atoms with Crippen molar-refractivity contribution in [3.63, 3.8) is 0 Å². The van der Waals surface area contributed by atoms with E-state index in [2.05, 4.69) is 24.1 Å². The Morgan fingerprint density at radius 2 is 2.29 bits per heavy atom. The number of nitrogens with zero attached hydrogens (tertiary/aromatic N) is 1. The van der Waals surface area contributed by atoms with E-state index >= 15 is 0 Å². The van der Waals surface area contributed by atoms with Crippen molar-refractivity contribution in [2.24, 2.45) is 11.1 Å². The topological polar surface area (TPSA) is 84.0 Å². The van der Waals surface area contributed by atoms with E-state index in [0.717, 1.165) is 48.3 Å². The summed E-state index contributed by atoms with van der Waals surface area (Å²) in [5.41, 5.74) is 10.4. The molecule has 5 nitrogen and oxygen atoms in total. The molecule has 0 atom stereocenters. The zero-order valence-electron chi connectivity index (χ0n) is 12.6. The highest BCUT2D eigenvalue weighted by Crippen LogP contribution is 2.38. The highest BCUT2D eigenvalue weighted by molar-refractivity contribution is 6.11. The van der Waals surface area contributed by atoms with Crippen LogP contribution in [0.5, 0.6) is 5.88 Å². The number of ether oxygens (including phenoxy) is 1. The average Bonchev–Trinajstić information content (AvgIpc) is 2.45. The van der Waals surface area contributed by atoms with Crippen LogP contribution >= 0.6 is 0 Å². The molecule has 3 rings (SSSR count). The van der Waals surface area contributed by atoms with Crippen LogP contribution in [0.1, 0.15) is 38.7 Å². The third-order valence-corrected chi connectivity index (χ3v) is 4.21. The Kier molecular flexibility index (Phi) is 3.35. The number of hydrogen-bond donors (Lipinski definition) is 3. The van der Waals surface area contributed by atoms with Crippen molar-refractivity contribution in [2.45, 2.75) is 33.1 Å². The molecule has 0 aromatic carbocycles. The Morgan fingerprint density at radius 1 is 1.48 bits per heavy atom. The number of allylic oxidation sites excluding steroid dienone is 2. The molecular weight excluding hydrogens is 264 g/mol. The fraction of sp³-hybridized carbons (Fsp3) is 0.500. The first kappa shape index (κ1) is 13.9. The van der Waals surface area contributed by atoms with Crippen LogP contribution in [-0.2, 0) is 0 Å². The first-order valence-electron chi connectivity index (χ1n) is 7.40.